The van der Waals surface area contributed by atoms with Crippen LogP contribution in [0.2, 0.25) is 0 Å². The molecule has 2 N–H and O–H groups in total. The standard InChI is InChI=1S/C17H26N2O3/c1-17(2,3)22-16(21)18-15-11-19(10-14(15)12-20)9-13-7-5-4-6-8-13/h4-8,14-15,20H,9-12H2,1-3H3,(H,18,21)/t14?,15-/m0/s1. The summed E-state index contributed by atoms with van der Waals surface area (Å²) in [6.07, 6.45) is -0.419. The van der Waals surface area contributed by atoms with Gasteiger partial charge in [-0.15, -0.1) is 0 Å². The van der Waals surface area contributed by atoms with Gasteiger partial charge in [0.2, 0.25) is 0 Å². The summed E-state index contributed by atoms with van der Waals surface area (Å²) in [7, 11) is 0. The van der Waals surface area contributed by atoms with Crippen molar-refractivity contribution in [1.82, 2.24) is 10.2 Å². The Morgan fingerprint density at radius 1 is 1.32 bits per heavy atom. The number of rotatable bonds is 4. The summed E-state index contributed by atoms with van der Waals surface area (Å²) in [5.41, 5.74) is 0.721. The van der Waals surface area contributed by atoms with E-state index in [1.165, 1.54) is 5.56 Å². The number of ether oxygens (including phenoxy) is 1. The molecule has 0 bridgehead atoms. The molecule has 1 aliphatic heterocycles. The zero-order valence-electron chi connectivity index (χ0n) is 13.6. The van der Waals surface area contributed by atoms with Crippen molar-refractivity contribution >= 4 is 6.09 Å². The van der Waals surface area contributed by atoms with E-state index < -0.39 is 11.7 Å². The van der Waals surface area contributed by atoms with Gasteiger partial charge in [0.15, 0.2) is 0 Å². The normalized spacial score (nSPS) is 22.5. The highest BCUT2D eigenvalue weighted by atomic mass is 16.6. The van der Waals surface area contributed by atoms with Gasteiger partial charge < -0.3 is 15.2 Å². The minimum Gasteiger partial charge on any atom is -0.444 e. The number of carbonyl (C=O) groups is 1. The highest BCUT2D eigenvalue weighted by Gasteiger charge is 2.34. The number of likely N-dealkylation sites (tertiary alicyclic amines) is 1. The van der Waals surface area contributed by atoms with Crippen molar-refractivity contribution < 1.29 is 14.6 Å². The average molecular weight is 306 g/mol. The fourth-order valence-corrected chi connectivity index (χ4v) is 2.74. The van der Waals surface area contributed by atoms with Crippen molar-refractivity contribution in [2.24, 2.45) is 5.92 Å². The first-order valence-electron chi connectivity index (χ1n) is 7.74. The number of nitrogens with one attached hydrogen (secondary N) is 1. The van der Waals surface area contributed by atoms with Gasteiger partial charge >= 0.3 is 6.09 Å². The van der Waals surface area contributed by atoms with E-state index >= 15 is 0 Å². The zero-order chi connectivity index (χ0) is 16.2. The van der Waals surface area contributed by atoms with Gasteiger partial charge in [-0.2, -0.15) is 0 Å². The smallest absolute Gasteiger partial charge is 0.407 e. The molecule has 1 heterocycles. The molecule has 0 radical (unpaired) electrons. The number of nitrogens with zero attached hydrogens (tertiary/aromatic N) is 1. The molecule has 2 atom stereocenters. The Labute approximate surface area is 132 Å². The summed E-state index contributed by atoms with van der Waals surface area (Å²) in [6, 6.07) is 10.1. The van der Waals surface area contributed by atoms with Crippen LogP contribution in [0.3, 0.4) is 0 Å². The lowest BCUT2D eigenvalue weighted by Crippen LogP contribution is -2.44. The number of hydrogen-bond acceptors (Lipinski definition) is 4. The first-order valence-corrected chi connectivity index (χ1v) is 7.74. The fourth-order valence-electron chi connectivity index (χ4n) is 2.74. The number of carbonyl (C=O) groups excluding carboxylic acids is 1. The minimum atomic E-state index is -0.513. The third kappa shape index (κ3) is 5.00. The van der Waals surface area contributed by atoms with E-state index in [4.69, 9.17) is 4.74 Å². The molecule has 0 spiro atoms. The van der Waals surface area contributed by atoms with Crippen LogP contribution in [0.1, 0.15) is 26.3 Å². The first kappa shape index (κ1) is 16.8. The third-order valence-corrected chi connectivity index (χ3v) is 3.70. The van der Waals surface area contributed by atoms with Crippen molar-refractivity contribution in [3.05, 3.63) is 35.9 Å². The van der Waals surface area contributed by atoms with Crippen LogP contribution >= 0.6 is 0 Å². The summed E-state index contributed by atoms with van der Waals surface area (Å²) in [6.45, 7) is 7.90. The summed E-state index contributed by atoms with van der Waals surface area (Å²) >= 11 is 0. The van der Waals surface area contributed by atoms with Gasteiger partial charge in [-0.25, -0.2) is 4.79 Å². The second kappa shape index (κ2) is 7.11. The van der Waals surface area contributed by atoms with E-state index in [1.807, 2.05) is 39.0 Å². The van der Waals surface area contributed by atoms with Gasteiger partial charge in [0.25, 0.3) is 0 Å². The Morgan fingerprint density at radius 3 is 2.59 bits per heavy atom. The Bertz CT molecular complexity index is 484. The Kier molecular flexibility index (Phi) is 5.42. The van der Waals surface area contributed by atoms with Crippen LogP contribution in [0, 0.1) is 5.92 Å². The van der Waals surface area contributed by atoms with Gasteiger partial charge in [0, 0.05) is 32.2 Å². The monoisotopic (exact) mass is 306 g/mol. The van der Waals surface area contributed by atoms with Crippen LogP contribution in [-0.2, 0) is 11.3 Å². The minimum absolute atomic E-state index is 0.0382. The molecule has 1 amide bonds. The van der Waals surface area contributed by atoms with Gasteiger partial charge in [-0.3, -0.25) is 4.90 Å². The molecule has 2 rings (SSSR count). The molecule has 1 aliphatic rings. The molecule has 22 heavy (non-hydrogen) atoms. The second-order valence-corrected chi connectivity index (χ2v) is 6.88. The molecule has 1 unspecified atom stereocenters. The van der Waals surface area contributed by atoms with Crippen LogP contribution in [0.5, 0.6) is 0 Å². The molecule has 1 saturated heterocycles. The van der Waals surface area contributed by atoms with E-state index in [1.54, 1.807) is 0 Å². The summed E-state index contributed by atoms with van der Waals surface area (Å²) in [4.78, 5) is 14.2. The number of aliphatic hydroxyl groups is 1. The lowest BCUT2D eigenvalue weighted by Gasteiger charge is -2.23. The molecule has 1 fully saturated rings. The fraction of sp³-hybridized carbons (Fsp3) is 0.588. The van der Waals surface area contributed by atoms with Crippen molar-refractivity contribution in [2.75, 3.05) is 19.7 Å². The number of benzene rings is 1. The molecule has 1 aromatic rings. The summed E-state index contributed by atoms with van der Waals surface area (Å²) in [5, 5.41) is 12.4. The molecule has 1 aromatic carbocycles. The molecule has 5 nitrogen and oxygen atoms in total. The number of amides is 1. The van der Waals surface area contributed by atoms with Crippen molar-refractivity contribution in [2.45, 2.75) is 39.0 Å². The lowest BCUT2D eigenvalue weighted by atomic mass is 10.1. The highest BCUT2D eigenvalue weighted by molar-refractivity contribution is 5.68. The number of aliphatic hydroxyl groups excluding tert-OH is 1. The van der Waals surface area contributed by atoms with Crippen molar-refractivity contribution in [3.8, 4) is 0 Å². The zero-order valence-corrected chi connectivity index (χ0v) is 13.6. The van der Waals surface area contributed by atoms with Crippen LogP contribution < -0.4 is 5.32 Å². The Morgan fingerprint density at radius 2 is 2.00 bits per heavy atom. The quantitative estimate of drug-likeness (QED) is 0.893. The van der Waals surface area contributed by atoms with Gasteiger partial charge in [-0.1, -0.05) is 30.3 Å². The van der Waals surface area contributed by atoms with Crippen molar-refractivity contribution in [1.29, 1.82) is 0 Å². The predicted octanol–water partition coefficient (Wildman–Crippen LogP) is 2.00. The van der Waals surface area contributed by atoms with Gasteiger partial charge in [-0.05, 0) is 26.3 Å². The maximum Gasteiger partial charge on any atom is 0.407 e. The molecule has 0 aromatic heterocycles. The van der Waals surface area contributed by atoms with Crippen LogP contribution in [0.15, 0.2) is 30.3 Å². The summed E-state index contributed by atoms with van der Waals surface area (Å²) in [5.74, 6) is 0.0382. The maximum absolute atomic E-state index is 11.9. The highest BCUT2D eigenvalue weighted by Crippen LogP contribution is 2.19. The predicted molar refractivity (Wildman–Crippen MR) is 85.5 cm³/mol. The van der Waals surface area contributed by atoms with E-state index in [2.05, 4.69) is 22.3 Å². The van der Waals surface area contributed by atoms with E-state index in [9.17, 15) is 9.90 Å². The summed E-state index contributed by atoms with van der Waals surface area (Å²) < 4.78 is 5.30. The molecule has 122 valence electrons. The largest absolute Gasteiger partial charge is 0.444 e. The molecule has 0 aliphatic carbocycles. The van der Waals surface area contributed by atoms with Crippen LogP contribution in [0.25, 0.3) is 0 Å². The van der Waals surface area contributed by atoms with Crippen LogP contribution in [0.4, 0.5) is 4.79 Å². The van der Waals surface area contributed by atoms with Crippen LogP contribution in [-0.4, -0.2) is 47.4 Å². The van der Waals surface area contributed by atoms with E-state index in [0.717, 1.165) is 19.6 Å². The Hall–Kier alpha value is -1.59. The number of hydrogen-bond donors (Lipinski definition) is 2. The van der Waals surface area contributed by atoms with Gasteiger partial charge in [0.05, 0.1) is 6.04 Å². The maximum atomic E-state index is 11.9. The Balaban J connectivity index is 1.90. The van der Waals surface area contributed by atoms with Crippen molar-refractivity contribution in [3.63, 3.8) is 0 Å². The van der Waals surface area contributed by atoms with Gasteiger partial charge in [0.1, 0.15) is 5.60 Å². The number of alkyl carbamates (subject to hydrolysis) is 1. The third-order valence-electron chi connectivity index (χ3n) is 3.70. The van der Waals surface area contributed by atoms with E-state index in [-0.39, 0.29) is 18.6 Å². The van der Waals surface area contributed by atoms with E-state index in [0.29, 0.717) is 0 Å². The molecular formula is C17H26N2O3. The molecule has 0 saturated carbocycles. The molecule has 5 heteroatoms. The topological polar surface area (TPSA) is 61.8 Å². The average Bonchev–Trinajstić information content (AvgIpc) is 2.79. The lowest BCUT2D eigenvalue weighted by molar-refractivity contribution is 0.0487. The SMILES string of the molecule is CC(C)(C)OC(=O)N[C@H]1CN(Cc2ccccc2)CC1CO. The molecular weight excluding hydrogens is 280 g/mol. The first-order chi connectivity index (χ1) is 10.4. The second-order valence-electron chi connectivity index (χ2n) is 6.88.